The first-order valence-corrected chi connectivity index (χ1v) is 19.0. The Morgan fingerprint density at radius 2 is 1.34 bits per heavy atom. The van der Waals surface area contributed by atoms with E-state index in [9.17, 15) is 19.2 Å². The lowest BCUT2D eigenvalue weighted by Crippen LogP contribution is -2.20. The number of allylic oxidation sites excluding steroid dienone is 2. The molecule has 6 rings (SSSR count). The minimum atomic E-state index is -0.635. The van der Waals surface area contributed by atoms with Gasteiger partial charge in [0.05, 0.1) is 36.1 Å². The number of nitrogens with zero attached hydrogens (tertiary/aromatic N) is 8. The van der Waals surface area contributed by atoms with Gasteiger partial charge in [-0.2, -0.15) is 10.2 Å². The number of aromatic nitrogens is 8. The van der Waals surface area contributed by atoms with Gasteiger partial charge in [0.15, 0.2) is 6.29 Å². The van der Waals surface area contributed by atoms with E-state index in [1.54, 1.807) is 57.4 Å². The minimum Gasteiger partial charge on any atom is -0.494 e. The van der Waals surface area contributed by atoms with Gasteiger partial charge < -0.3 is 40.7 Å². The normalized spacial score (nSPS) is 11.2. The number of carbonyl (C=O) groups is 4. The molecule has 0 aliphatic heterocycles. The molecule has 0 fully saturated rings. The molecule has 0 spiro atoms. The van der Waals surface area contributed by atoms with Crippen molar-refractivity contribution in [3.8, 4) is 11.5 Å². The SMILES string of the molecule is CCn1nc(C)cc1C(=O)Nc1nc2cc(C(N)=O)cc(OC)c2n1C/C=C/Cn1c(NC)nc2cc(C(N)=O)cc(OCCCNC)c21.CCn1nc(C)cc1C=O. The number of aldehydes is 1. The van der Waals surface area contributed by atoms with Gasteiger partial charge in [-0.3, -0.25) is 33.9 Å². The number of ether oxygens (including phenoxy) is 2. The third-order valence-electron chi connectivity index (χ3n) is 9.21. The highest BCUT2D eigenvalue weighted by Crippen LogP contribution is 2.33. The molecule has 59 heavy (non-hydrogen) atoms. The summed E-state index contributed by atoms with van der Waals surface area (Å²) in [5, 5.41) is 17.6. The highest BCUT2D eigenvalue weighted by Gasteiger charge is 2.22. The number of methoxy groups -OCH3 is 1. The standard InChI is InChI=1S/C33H41N11O5.C7H10N2O/c1-6-44-24(14-19(2)41-44)31(47)40-33-39-22-15-20(29(34)45)17-25(48-5)27(22)43(33)12-8-7-11-42-28-23(38-32(42)37-4)16-21(30(35)46)18-26(28)49-13-9-10-36-3;1-3-9-7(5-10)4-6(2)8-9/h7-8,14-18,36H,6,9-13H2,1-5H3,(H2,34,45)(H2,35,46)(H,37,38)(H,39,40,47);4-5H,3H2,1-2H3/b8-7+;. The molecule has 4 heterocycles. The molecule has 312 valence electrons. The highest BCUT2D eigenvalue weighted by molar-refractivity contribution is 6.04. The van der Waals surface area contributed by atoms with Gasteiger partial charge >= 0.3 is 0 Å². The number of rotatable bonds is 18. The molecule has 19 heteroatoms. The van der Waals surface area contributed by atoms with Crippen molar-refractivity contribution < 1.29 is 28.7 Å². The first-order chi connectivity index (χ1) is 28.4. The van der Waals surface area contributed by atoms with E-state index in [-0.39, 0.29) is 18.1 Å². The van der Waals surface area contributed by atoms with Gasteiger partial charge in [-0.25, -0.2) is 9.97 Å². The molecule has 0 aliphatic rings. The van der Waals surface area contributed by atoms with Crippen molar-refractivity contribution >= 4 is 58.0 Å². The number of primary amides is 2. The molecule has 0 saturated carbocycles. The number of aryl methyl sites for hydroxylation is 4. The Balaban J connectivity index is 0.000000578. The van der Waals surface area contributed by atoms with Crippen LogP contribution >= 0.6 is 0 Å². The Bertz CT molecular complexity index is 2510. The predicted molar refractivity (Wildman–Crippen MR) is 224 cm³/mol. The summed E-state index contributed by atoms with van der Waals surface area (Å²) in [6.07, 6.45) is 5.43. The molecule has 2 aromatic carbocycles. The third-order valence-corrected chi connectivity index (χ3v) is 9.21. The number of fused-ring (bicyclic) bond motifs is 2. The molecule has 0 atom stereocenters. The molecular formula is C40H51N13O6. The minimum absolute atomic E-state index is 0.220. The highest BCUT2D eigenvalue weighted by atomic mass is 16.5. The monoisotopic (exact) mass is 809 g/mol. The first-order valence-electron chi connectivity index (χ1n) is 19.0. The van der Waals surface area contributed by atoms with Crippen LogP contribution in [0.2, 0.25) is 0 Å². The van der Waals surface area contributed by atoms with Gasteiger partial charge in [-0.15, -0.1) is 0 Å². The summed E-state index contributed by atoms with van der Waals surface area (Å²) in [5.41, 5.74) is 16.6. The van der Waals surface area contributed by atoms with Crippen molar-refractivity contribution in [3.63, 3.8) is 0 Å². The molecule has 0 saturated heterocycles. The fraction of sp³-hybridized carbons (Fsp3) is 0.350. The van der Waals surface area contributed by atoms with Crippen LogP contribution in [0.15, 0.2) is 48.6 Å². The summed E-state index contributed by atoms with van der Waals surface area (Å²) in [7, 11) is 5.11. The van der Waals surface area contributed by atoms with E-state index in [0.717, 1.165) is 31.5 Å². The van der Waals surface area contributed by atoms with E-state index in [4.69, 9.17) is 20.9 Å². The van der Waals surface area contributed by atoms with Crippen LogP contribution in [0.4, 0.5) is 11.9 Å². The number of amides is 3. The number of hydrogen-bond donors (Lipinski definition) is 5. The smallest absolute Gasteiger partial charge is 0.276 e. The maximum absolute atomic E-state index is 13.4. The van der Waals surface area contributed by atoms with Gasteiger partial charge in [0.1, 0.15) is 33.9 Å². The van der Waals surface area contributed by atoms with Crippen LogP contribution < -0.4 is 36.9 Å². The number of benzene rings is 2. The van der Waals surface area contributed by atoms with Crippen LogP contribution in [-0.4, -0.2) is 97.0 Å². The average molecular weight is 810 g/mol. The van der Waals surface area contributed by atoms with Crippen molar-refractivity contribution in [1.82, 2.24) is 44.0 Å². The fourth-order valence-electron chi connectivity index (χ4n) is 6.49. The van der Waals surface area contributed by atoms with Crippen LogP contribution in [0.1, 0.15) is 73.3 Å². The van der Waals surface area contributed by atoms with Gasteiger partial charge in [0.25, 0.3) is 5.91 Å². The number of hydrogen-bond acceptors (Lipinski definition) is 12. The summed E-state index contributed by atoms with van der Waals surface area (Å²) in [4.78, 5) is 57.3. The Hall–Kier alpha value is -7.02. The Kier molecular flexibility index (Phi) is 14.2. The quantitative estimate of drug-likeness (QED) is 0.0474. The van der Waals surface area contributed by atoms with Crippen LogP contribution in [0.3, 0.4) is 0 Å². The second-order valence-electron chi connectivity index (χ2n) is 13.3. The number of anilines is 2. The fourth-order valence-corrected chi connectivity index (χ4v) is 6.49. The summed E-state index contributed by atoms with van der Waals surface area (Å²) in [5.74, 6) is 0.0576. The molecule has 4 aromatic heterocycles. The molecule has 0 aliphatic carbocycles. The molecule has 0 radical (unpaired) electrons. The third kappa shape index (κ3) is 9.75. The summed E-state index contributed by atoms with van der Waals surface area (Å²) < 4.78 is 18.8. The Morgan fingerprint density at radius 1 is 0.780 bits per heavy atom. The molecule has 7 N–H and O–H groups in total. The first kappa shape index (κ1) is 43.1. The van der Waals surface area contributed by atoms with Crippen LogP contribution in [0, 0.1) is 13.8 Å². The maximum Gasteiger partial charge on any atom is 0.276 e. The molecular weight excluding hydrogens is 759 g/mol. The molecule has 6 aromatic rings. The lowest BCUT2D eigenvalue weighted by molar-refractivity contribution is 0.0991. The number of nitrogens with two attached hydrogens (primary N) is 2. The van der Waals surface area contributed by atoms with Crippen LogP contribution in [-0.2, 0) is 26.2 Å². The van der Waals surface area contributed by atoms with E-state index >= 15 is 0 Å². The zero-order valence-electron chi connectivity index (χ0n) is 34.3. The molecule has 19 nitrogen and oxygen atoms in total. The lowest BCUT2D eigenvalue weighted by Gasteiger charge is -2.13. The largest absolute Gasteiger partial charge is 0.494 e. The van der Waals surface area contributed by atoms with Crippen molar-refractivity contribution in [2.75, 3.05) is 45.0 Å². The van der Waals surface area contributed by atoms with Crippen molar-refractivity contribution in [2.45, 2.75) is 60.3 Å². The Morgan fingerprint density at radius 3 is 1.88 bits per heavy atom. The zero-order valence-corrected chi connectivity index (χ0v) is 34.3. The van der Waals surface area contributed by atoms with Gasteiger partial charge in [-0.1, -0.05) is 12.2 Å². The number of nitrogens with one attached hydrogen (secondary N) is 3. The van der Waals surface area contributed by atoms with Crippen LogP contribution in [0.5, 0.6) is 11.5 Å². The van der Waals surface area contributed by atoms with Crippen LogP contribution in [0.25, 0.3) is 22.1 Å². The van der Waals surface area contributed by atoms with E-state index in [0.29, 0.717) is 81.9 Å². The van der Waals surface area contributed by atoms with Gasteiger partial charge in [0.2, 0.25) is 23.7 Å². The summed E-state index contributed by atoms with van der Waals surface area (Å²) in [6.45, 7) is 10.7. The van der Waals surface area contributed by atoms with E-state index in [1.807, 2.05) is 51.5 Å². The van der Waals surface area contributed by atoms with E-state index in [2.05, 4.69) is 36.1 Å². The van der Waals surface area contributed by atoms with Crippen molar-refractivity contribution in [3.05, 3.63) is 82.5 Å². The molecule has 0 unspecified atom stereocenters. The van der Waals surface area contributed by atoms with Gasteiger partial charge in [0, 0.05) is 44.4 Å². The number of carbonyl (C=O) groups excluding carboxylic acids is 4. The van der Waals surface area contributed by atoms with Crippen molar-refractivity contribution in [1.29, 1.82) is 0 Å². The number of imidazole rings is 2. The lowest BCUT2D eigenvalue weighted by atomic mass is 10.1. The molecule has 0 bridgehead atoms. The maximum atomic E-state index is 13.4. The van der Waals surface area contributed by atoms with Crippen molar-refractivity contribution in [2.24, 2.45) is 11.5 Å². The second-order valence-corrected chi connectivity index (χ2v) is 13.3. The Labute approximate surface area is 340 Å². The zero-order chi connectivity index (χ0) is 42.8. The second kappa shape index (κ2) is 19.4. The predicted octanol–water partition coefficient (Wildman–Crippen LogP) is 3.68. The van der Waals surface area contributed by atoms with E-state index in [1.165, 1.54) is 7.11 Å². The summed E-state index contributed by atoms with van der Waals surface area (Å²) in [6, 6.07) is 9.86. The average Bonchev–Trinajstić information content (AvgIpc) is 3.99. The van der Waals surface area contributed by atoms with E-state index < -0.39 is 17.7 Å². The molecule has 3 amide bonds. The summed E-state index contributed by atoms with van der Waals surface area (Å²) >= 11 is 0. The topological polar surface area (TPSA) is 246 Å². The van der Waals surface area contributed by atoms with Gasteiger partial charge in [-0.05, 0) is 84.1 Å².